The normalized spacial score (nSPS) is 26.3. The maximum Gasteiger partial charge on any atom is 0.309 e. The van der Waals surface area contributed by atoms with Crippen LogP contribution in [-0.4, -0.2) is 37.0 Å². The average molecular weight is 216 g/mol. The van der Waals surface area contributed by atoms with Gasteiger partial charge < -0.3 is 14.6 Å². The molecule has 0 bridgehead atoms. The lowest BCUT2D eigenvalue weighted by atomic mass is 9.87. The lowest BCUT2D eigenvalue weighted by Gasteiger charge is -2.24. The molecule has 0 aliphatic heterocycles. The SMILES string of the molecule is CCOCCOC(=O)C1CCCC(O)C1. The van der Waals surface area contributed by atoms with Crippen molar-refractivity contribution in [2.75, 3.05) is 19.8 Å². The lowest BCUT2D eigenvalue weighted by molar-refractivity contribution is -0.152. The molecule has 0 aromatic heterocycles. The molecule has 0 heterocycles. The van der Waals surface area contributed by atoms with Gasteiger partial charge >= 0.3 is 5.97 Å². The molecule has 1 saturated carbocycles. The van der Waals surface area contributed by atoms with Crippen molar-refractivity contribution in [3.8, 4) is 0 Å². The van der Waals surface area contributed by atoms with Crippen LogP contribution < -0.4 is 0 Å². The van der Waals surface area contributed by atoms with Gasteiger partial charge in [0.25, 0.3) is 0 Å². The van der Waals surface area contributed by atoms with Crippen LogP contribution in [0, 0.1) is 5.92 Å². The van der Waals surface area contributed by atoms with Crippen LogP contribution in [0.15, 0.2) is 0 Å². The van der Waals surface area contributed by atoms with Crippen LogP contribution in [0.4, 0.5) is 0 Å². The fourth-order valence-electron chi connectivity index (χ4n) is 1.84. The number of hydrogen-bond acceptors (Lipinski definition) is 4. The molecule has 0 aromatic rings. The minimum atomic E-state index is -0.330. The van der Waals surface area contributed by atoms with Gasteiger partial charge in [-0.25, -0.2) is 0 Å². The number of carbonyl (C=O) groups is 1. The molecule has 4 heteroatoms. The molecule has 88 valence electrons. The van der Waals surface area contributed by atoms with Gasteiger partial charge in [0.2, 0.25) is 0 Å². The Hall–Kier alpha value is -0.610. The molecule has 0 saturated heterocycles. The standard InChI is InChI=1S/C11H20O4/c1-2-14-6-7-15-11(13)9-4-3-5-10(12)8-9/h9-10,12H,2-8H2,1H3. The van der Waals surface area contributed by atoms with Crippen molar-refractivity contribution < 1.29 is 19.4 Å². The van der Waals surface area contributed by atoms with E-state index in [4.69, 9.17) is 9.47 Å². The summed E-state index contributed by atoms with van der Waals surface area (Å²) in [5.41, 5.74) is 0. The Balaban J connectivity index is 2.15. The third-order valence-corrected chi connectivity index (χ3v) is 2.66. The summed E-state index contributed by atoms with van der Waals surface area (Å²) in [5, 5.41) is 9.41. The number of hydrogen-bond donors (Lipinski definition) is 1. The third-order valence-electron chi connectivity index (χ3n) is 2.66. The maximum atomic E-state index is 11.5. The fraction of sp³-hybridized carbons (Fsp3) is 0.909. The highest BCUT2D eigenvalue weighted by atomic mass is 16.6. The minimum absolute atomic E-state index is 0.115. The van der Waals surface area contributed by atoms with E-state index >= 15 is 0 Å². The Morgan fingerprint density at radius 3 is 2.87 bits per heavy atom. The molecule has 0 amide bonds. The van der Waals surface area contributed by atoms with Crippen molar-refractivity contribution in [2.45, 2.75) is 38.7 Å². The van der Waals surface area contributed by atoms with Gasteiger partial charge in [-0.15, -0.1) is 0 Å². The highest BCUT2D eigenvalue weighted by Gasteiger charge is 2.26. The molecule has 1 aliphatic rings. The zero-order chi connectivity index (χ0) is 11.1. The number of rotatable bonds is 5. The summed E-state index contributed by atoms with van der Waals surface area (Å²) in [7, 11) is 0. The summed E-state index contributed by atoms with van der Waals surface area (Å²) in [5.74, 6) is -0.302. The van der Waals surface area contributed by atoms with Crippen LogP contribution >= 0.6 is 0 Å². The van der Waals surface area contributed by atoms with Gasteiger partial charge in [-0.1, -0.05) is 6.42 Å². The molecule has 1 rings (SSSR count). The molecular formula is C11H20O4. The highest BCUT2D eigenvalue weighted by molar-refractivity contribution is 5.72. The quantitative estimate of drug-likeness (QED) is 0.552. The largest absolute Gasteiger partial charge is 0.463 e. The molecule has 2 unspecified atom stereocenters. The molecule has 4 nitrogen and oxygen atoms in total. The molecule has 1 N–H and O–H groups in total. The van der Waals surface area contributed by atoms with E-state index in [0.717, 1.165) is 19.3 Å². The van der Waals surface area contributed by atoms with E-state index in [2.05, 4.69) is 0 Å². The van der Waals surface area contributed by atoms with Crippen LogP contribution in [0.1, 0.15) is 32.6 Å². The third kappa shape index (κ3) is 4.62. The zero-order valence-electron chi connectivity index (χ0n) is 9.28. The van der Waals surface area contributed by atoms with E-state index < -0.39 is 0 Å². The number of aliphatic hydroxyl groups excluding tert-OH is 1. The lowest BCUT2D eigenvalue weighted by Crippen LogP contribution is -2.28. The van der Waals surface area contributed by atoms with Gasteiger partial charge in [0.05, 0.1) is 18.6 Å². The van der Waals surface area contributed by atoms with Crippen molar-refractivity contribution in [2.24, 2.45) is 5.92 Å². The highest BCUT2D eigenvalue weighted by Crippen LogP contribution is 2.25. The van der Waals surface area contributed by atoms with Gasteiger partial charge in [0, 0.05) is 6.61 Å². The molecule has 2 atom stereocenters. The number of carbonyl (C=O) groups excluding carboxylic acids is 1. The number of esters is 1. The van der Waals surface area contributed by atoms with E-state index in [9.17, 15) is 9.90 Å². The van der Waals surface area contributed by atoms with E-state index in [1.54, 1.807) is 0 Å². The summed E-state index contributed by atoms with van der Waals surface area (Å²) in [6.45, 7) is 3.32. The Morgan fingerprint density at radius 1 is 1.40 bits per heavy atom. The second-order valence-electron chi connectivity index (χ2n) is 3.88. The summed E-state index contributed by atoms with van der Waals surface area (Å²) in [4.78, 5) is 11.5. The second-order valence-corrected chi connectivity index (χ2v) is 3.88. The van der Waals surface area contributed by atoms with Crippen LogP contribution in [0.2, 0.25) is 0 Å². The van der Waals surface area contributed by atoms with Crippen LogP contribution in [0.5, 0.6) is 0 Å². The minimum Gasteiger partial charge on any atom is -0.463 e. The van der Waals surface area contributed by atoms with E-state index in [-0.39, 0.29) is 18.0 Å². The van der Waals surface area contributed by atoms with Gasteiger partial charge in [-0.2, -0.15) is 0 Å². The summed E-state index contributed by atoms with van der Waals surface area (Å²) >= 11 is 0. The van der Waals surface area contributed by atoms with E-state index in [0.29, 0.717) is 26.2 Å². The second kappa shape index (κ2) is 6.80. The Bertz CT molecular complexity index is 193. The van der Waals surface area contributed by atoms with Crippen LogP contribution in [0.25, 0.3) is 0 Å². The number of ether oxygens (including phenoxy) is 2. The van der Waals surface area contributed by atoms with Crippen LogP contribution in [-0.2, 0) is 14.3 Å². The molecule has 0 aromatic carbocycles. The zero-order valence-corrected chi connectivity index (χ0v) is 9.28. The Morgan fingerprint density at radius 2 is 2.20 bits per heavy atom. The van der Waals surface area contributed by atoms with Crippen molar-refractivity contribution >= 4 is 5.97 Å². The summed E-state index contributed by atoms with van der Waals surface area (Å²) < 4.78 is 10.1. The van der Waals surface area contributed by atoms with Gasteiger partial charge in [-0.05, 0) is 26.2 Å². The number of aliphatic hydroxyl groups is 1. The molecule has 0 spiro atoms. The van der Waals surface area contributed by atoms with Gasteiger partial charge in [0.15, 0.2) is 0 Å². The first-order valence-corrected chi connectivity index (χ1v) is 5.66. The average Bonchev–Trinajstić information content (AvgIpc) is 2.24. The first kappa shape index (κ1) is 12.5. The predicted molar refractivity (Wildman–Crippen MR) is 55.4 cm³/mol. The molecular weight excluding hydrogens is 196 g/mol. The van der Waals surface area contributed by atoms with Gasteiger partial charge in [0.1, 0.15) is 6.61 Å². The van der Waals surface area contributed by atoms with Crippen LogP contribution in [0.3, 0.4) is 0 Å². The van der Waals surface area contributed by atoms with Crippen molar-refractivity contribution in [3.63, 3.8) is 0 Å². The fourth-order valence-corrected chi connectivity index (χ4v) is 1.84. The van der Waals surface area contributed by atoms with Gasteiger partial charge in [-0.3, -0.25) is 4.79 Å². The maximum absolute atomic E-state index is 11.5. The molecule has 1 aliphatic carbocycles. The molecule has 1 fully saturated rings. The van der Waals surface area contributed by atoms with E-state index in [1.807, 2.05) is 6.92 Å². The summed E-state index contributed by atoms with van der Waals surface area (Å²) in [6, 6.07) is 0. The van der Waals surface area contributed by atoms with Crippen molar-refractivity contribution in [1.82, 2.24) is 0 Å². The smallest absolute Gasteiger partial charge is 0.309 e. The Kier molecular flexibility index (Phi) is 5.65. The summed E-state index contributed by atoms with van der Waals surface area (Å²) in [6.07, 6.45) is 2.77. The first-order chi connectivity index (χ1) is 7.24. The molecule has 0 radical (unpaired) electrons. The van der Waals surface area contributed by atoms with Crippen molar-refractivity contribution in [1.29, 1.82) is 0 Å². The Labute approximate surface area is 90.6 Å². The van der Waals surface area contributed by atoms with E-state index in [1.165, 1.54) is 0 Å². The first-order valence-electron chi connectivity index (χ1n) is 5.66. The molecule has 15 heavy (non-hydrogen) atoms. The predicted octanol–water partition coefficient (Wildman–Crippen LogP) is 1.12. The van der Waals surface area contributed by atoms with Crippen molar-refractivity contribution in [3.05, 3.63) is 0 Å². The topological polar surface area (TPSA) is 55.8 Å². The monoisotopic (exact) mass is 216 g/mol.